The lowest BCUT2D eigenvalue weighted by Gasteiger charge is -2.18. The maximum Gasteiger partial charge on any atom is 0.174 e. The van der Waals surface area contributed by atoms with E-state index in [2.05, 4.69) is 11.6 Å². The molecule has 0 unspecified atom stereocenters. The number of fused-ring (bicyclic) bond motifs is 1. The van der Waals surface area contributed by atoms with Crippen LogP contribution in [-0.2, 0) is 12.0 Å². The van der Waals surface area contributed by atoms with Crippen molar-refractivity contribution in [3.8, 4) is 22.4 Å². The van der Waals surface area contributed by atoms with E-state index in [1.165, 1.54) is 26.0 Å². The molecule has 152 valence electrons. The van der Waals surface area contributed by atoms with Crippen molar-refractivity contribution >= 4 is 5.65 Å². The molecule has 0 radical (unpaired) electrons. The molecule has 0 aliphatic heterocycles. The van der Waals surface area contributed by atoms with Gasteiger partial charge in [-0.15, -0.1) is 6.58 Å². The molecule has 0 saturated carbocycles. The first-order valence-electron chi connectivity index (χ1n) is 9.68. The van der Waals surface area contributed by atoms with Gasteiger partial charge in [0.1, 0.15) is 5.82 Å². The number of allylic oxidation sites excluding steroid dienone is 1. The minimum absolute atomic E-state index is 0.115. The molecule has 5 heteroatoms. The summed E-state index contributed by atoms with van der Waals surface area (Å²) in [6.45, 7) is 6.78. The van der Waals surface area contributed by atoms with E-state index in [1.807, 2.05) is 30.3 Å². The Morgan fingerprint density at radius 3 is 2.43 bits per heavy atom. The zero-order valence-electron chi connectivity index (χ0n) is 16.9. The van der Waals surface area contributed by atoms with Crippen molar-refractivity contribution in [1.29, 1.82) is 0 Å². The summed E-state index contributed by atoms with van der Waals surface area (Å²) >= 11 is 0. The third kappa shape index (κ3) is 3.53. The Morgan fingerprint density at radius 2 is 1.77 bits per heavy atom. The number of aromatic nitrogens is 2. The van der Waals surface area contributed by atoms with Crippen LogP contribution in [0.1, 0.15) is 25.0 Å². The fourth-order valence-electron chi connectivity index (χ4n) is 3.60. The van der Waals surface area contributed by atoms with E-state index in [-0.39, 0.29) is 17.0 Å². The van der Waals surface area contributed by atoms with E-state index in [1.54, 1.807) is 28.9 Å². The number of nitrogens with zero attached hydrogens (tertiary/aromatic N) is 2. The van der Waals surface area contributed by atoms with Gasteiger partial charge in [-0.3, -0.25) is 4.40 Å². The highest BCUT2D eigenvalue weighted by atomic mass is 19.1. The zero-order valence-corrected chi connectivity index (χ0v) is 16.9. The molecule has 0 fully saturated rings. The summed E-state index contributed by atoms with van der Waals surface area (Å²) in [5, 5.41) is 10.2. The number of benzene rings is 2. The Bertz CT molecular complexity index is 1230. The molecule has 2 aromatic heterocycles. The Hall–Kier alpha value is -3.31. The SMILES string of the molecule is C=CCc1ccc(-c2cc(-c3cnc4c(F)c(C(C)(C)O)ccn34)ccc2F)cc1. The molecule has 4 rings (SSSR count). The average molecular weight is 404 g/mol. The predicted octanol–water partition coefficient (Wildman–Crippen LogP) is 5.90. The van der Waals surface area contributed by atoms with E-state index < -0.39 is 11.4 Å². The molecular formula is C25H22F2N2O. The molecular weight excluding hydrogens is 382 g/mol. The van der Waals surface area contributed by atoms with Crippen molar-refractivity contribution < 1.29 is 13.9 Å². The minimum Gasteiger partial charge on any atom is -0.386 e. The summed E-state index contributed by atoms with van der Waals surface area (Å²) in [5.41, 5.74) is 2.63. The van der Waals surface area contributed by atoms with Gasteiger partial charge in [-0.25, -0.2) is 13.8 Å². The molecule has 0 saturated heterocycles. The quantitative estimate of drug-likeness (QED) is 0.420. The van der Waals surface area contributed by atoms with Gasteiger partial charge in [0.2, 0.25) is 0 Å². The Morgan fingerprint density at radius 1 is 1.07 bits per heavy atom. The Balaban J connectivity index is 1.80. The Kier molecular flexibility index (Phi) is 5.00. The van der Waals surface area contributed by atoms with E-state index in [9.17, 15) is 13.9 Å². The summed E-state index contributed by atoms with van der Waals surface area (Å²) in [6, 6.07) is 14.0. The van der Waals surface area contributed by atoms with Crippen molar-refractivity contribution in [2.45, 2.75) is 25.9 Å². The topological polar surface area (TPSA) is 37.5 Å². The van der Waals surface area contributed by atoms with Gasteiger partial charge in [0.15, 0.2) is 11.5 Å². The van der Waals surface area contributed by atoms with Crippen molar-refractivity contribution in [1.82, 2.24) is 9.38 Å². The smallest absolute Gasteiger partial charge is 0.174 e. The van der Waals surface area contributed by atoms with Gasteiger partial charge in [0.25, 0.3) is 0 Å². The van der Waals surface area contributed by atoms with E-state index in [4.69, 9.17) is 0 Å². The molecule has 1 N–H and O–H groups in total. The standard InChI is InChI=1S/C25H22F2N2O/c1-4-5-16-6-8-17(9-7-16)19-14-18(10-11-21(19)26)22-15-28-24-23(27)20(25(2,3)30)12-13-29(22)24/h4,6-15,30H,1,5H2,2-3H3. The second-order valence-electron chi connectivity index (χ2n) is 7.82. The molecule has 0 bridgehead atoms. The fourth-order valence-corrected chi connectivity index (χ4v) is 3.60. The first-order valence-corrected chi connectivity index (χ1v) is 9.68. The van der Waals surface area contributed by atoms with Crippen molar-refractivity contribution in [3.63, 3.8) is 0 Å². The van der Waals surface area contributed by atoms with E-state index in [0.717, 1.165) is 17.5 Å². The van der Waals surface area contributed by atoms with Crippen LogP contribution in [0.5, 0.6) is 0 Å². The van der Waals surface area contributed by atoms with E-state index >= 15 is 0 Å². The fraction of sp³-hybridized carbons (Fsp3) is 0.160. The number of aliphatic hydroxyl groups is 1. The van der Waals surface area contributed by atoms with Gasteiger partial charge in [-0.1, -0.05) is 30.3 Å². The molecule has 30 heavy (non-hydrogen) atoms. The van der Waals surface area contributed by atoms with Gasteiger partial charge in [-0.05, 0) is 55.7 Å². The lowest BCUT2D eigenvalue weighted by Crippen LogP contribution is -2.18. The maximum atomic E-state index is 14.9. The number of imidazole rings is 1. The first-order chi connectivity index (χ1) is 14.3. The molecule has 0 aliphatic carbocycles. The van der Waals surface area contributed by atoms with Crippen molar-refractivity contribution in [2.75, 3.05) is 0 Å². The first kappa shape index (κ1) is 20.0. The summed E-state index contributed by atoms with van der Waals surface area (Å²) in [6.07, 6.45) is 5.80. The third-order valence-corrected chi connectivity index (χ3v) is 5.19. The summed E-state index contributed by atoms with van der Waals surface area (Å²) < 4.78 is 31.1. The highest BCUT2D eigenvalue weighted by Gasteiger charge is 2.24. The molecule has 3 nitrogen and oxygen atoms in total. The van der Waals surface area contributed by atoms with Gasteiger partial charge in [-0.2, -0.15) is 0 Å². The predicted molar refractivity (Wildman–Crippen MR) is 115 cm³/mol. The average Bonchev–Trinajstić information content (AvgIpc) is 3.14. The van der Waals surface area contributed by atoms with Crippen LogP contribution in [0.15, 0.2) is 73.6 Å². The minimum atomic E-state index is -1.32. The van der Waals surface area contributed by atoms with Crippen LogP contribution < -0.4 is 0 Å². The lowest BCUT2D eigenvalue weighted by molar-refractivity contribution is 0.0746. The number of pyridine rings is 1. The number of hydrogen-bond acceptors (Lipinski definition) is 2. The highest BCUT2D eigenvalue weighted by molar-refractivity contribution is 5.73. The third-order valence-electron chi connectivity index (χ3n) is 5.19. The molecule has 0 spiro atoms. The second kappa shape index (κ2) is 7.50. The molecule has 4 aromatic rings. The van der Waals surface area contributed by atoms with Crippen LogP contribution in [0.2, 0.25) is 0 Å². The molecule has 2 heterocycles. The van der Waals surface area contributed by atoms with Gasteiger partial charge in [0.05, 0.1) is 17.5 Å². The van der Waals surface area contributed by atoms with Crippen LogP contribution in [0.3, 0.4) is 0 Å². The largest absolute Gasteiger partial charge is 0.386 e. The number of hydrogen-bond donors (Lipinski definition) is 1. The molecule has 2 aromatic carbocycles. The lowest BCUT2D eigenvalue weighted by atomic mass is 9.98. The Labute approximate surface area is 174 Å². The van der Waals surface area contributed by atoms with Crippen LogP contribution in [0, 0.1) is 11.6 Å². The number of rotatable bonds is 5. The molecule has 0 atom stereocenters. The van der Waals surface area contributed by atoms with Crippen molar-refractivity contribution in [2.24, 2.45) is 0 Å². The van der Waals surface area contributed by atoms with Crippen LogP contribution in [0.4, 0.5) is 8.78 Å². The highest BCUT2D eigenvalue weighted by Crippen LogP contribution is 2.32. The summed E-state index contributed by atoms with van der Waals surface area (Å²) in [4.78, 5) is 4.20. The summed E-state index contributed by atoms with van der Waals surface area (Å²) in [7, 11) is 0. The van der Waals surface area contributed by atoms with Gasteiger partial charge < -0.3 is 5.11 Å². The molecule has 0 amide bonds. The zero-order chi connectivity index (χ0) is 21.5. The molecule has 0 aliphatic rings. The number of halogens is 2. The van der Waals surface area contributed by atoms with Gasteiger partial charge in [0, 0.05) is 22.9 Å². The van der Waals surface area contributed by atoms with E-state index in [0.29, 0.717) is 16.8 Å². The van der Waals surface area contributed by atoms with Crippen LogP contribution >= 0.6 is 0 Å². The monoisotopic (exact) mass is 404 g/mol. The summed E-state index contributed by atoms with van der Waals surface area (Å²) in [5.74, 6) is -0.907. The second-order valence-corrected chi connectivity index (χ2v) is 7.82. The van der Waals surface area contributed by atoms with Crippen LogP contribution in [0.25, 0.3) is 28.0 Å². The van der Waals surface area contributed by atoms with Crippen LogP contribution in [-0.4, -0.2) is 14.5 Å². The maximum absolute atomic E-state index is 14.9. The normalized spacial score (nSPS) is 11.8. The van der Waals surface area contributed by atoms with Crippen molar-refractivity contribution in [3.05, 3.63) is 96.3 Å². The van der Waals surface area contributed by atoms with Gasteiger partial charge >= 0.3 is 0 Å².